The van der Waals surface area contributed by atoms with Crippen molar-refractivity contribution < 1.29 is 0 Å². The highest BCUT2D eigenvalue weighted by atomic mass is 15.2. The fourth-order valence-electron chi connectivity index (χ4n) is 4.01. The van der Waals surface area contributed by atoms with Crippen molar-refractivity contribution in [2.75, 3.05) is 26.2 Å². The average Bonchev–Trinajstić information content (AvgIpc) is 2.43. The Labute approximate surface area is 114 Å². The lowest BCUT2D eigenvalue weighted by molar-refractivity contribution is 0.0440. The lowest BCUT2D eigenvalue weighted by Gasteiger charge is -2.46. The Bertz CT molecular complexity index is 223. The lowest BCUT2D eigenvalue weighted by atomic mass is 9.68. The fraction of sp³-hybridized carbons (Fsp3) is 1.00. The van der Waals surface area contributed by atoms with Gasteiger partial charge in [-0.1, -0.05) is 33.1 Å². The molecule has 1 saturated heterocycles. The van der Waals surface area contributed by atoms with Crippen LogP contribution in [0.3, 0.4) is 0 Å². The molecule has 2 rings (SSSR count). The smallest absolute Gasteiger partial charge is 0.0218 e. The maximum Gasteiger partial charge on any atom is 0.0218 e. The van der Waals surface area contributed by atoms with Crippen LogP contribution in [0.2, 0.25) is 0 Å². The Kier molecular flexibility index (Phi) is 5.50. The van der Waals surface area contributed by atoms with Crippen LogP contribution >= 0.6 is 0 Å². The summed E-state index contributed by atoms with van der Waals surface area (Å²) in [7, 11) is 0. The summed E-state index contributed by atoms with van der Waals surface area (Å²) in [6.45, 7) is 9.54. The monoisotopic (exact) mass is 252 g/mol. The summed E-state index contributed by atoms with van der Waals surface area (Å²) in [6, 6.07) is 0.769. The molecule has 106 valence electrons. The fourth-order valence-corrected chi connectivity index (χ4v) is 4.01. The van der Waals surface area contributed by atoms with E-state index >= 15 is 0 Å². The van der Waals surface area contributed by atoms with E-state index in [1.807, 2.05) is 0 Å². The summed E-state index contributed by atoms with van der Waals surface area (Å²) in [5.74, 6) is 0. The number of likely N-dealkylation sites (tertiary alicyclic amines) is 1. The van der Waals surface area contributed by atoms with E-state index in [1.54, 1.807) is 0 Å². The molecule has 1 spiro atoms. The Morgan fingerprint density at radius 3 is 2.22 bits per heavy atom. The minimum absolute atomic E-state index is 0.755. The molecule has 0 aromatic carbocycles. The largest absolute Gasteiger partial charge is 0.315 e. The number of piperidine rings is 1. The lowest BCUT2D eigenvalue weighted by Crippen LogP contribution is -2.49. The van der Waals surface area contributed by atoms with Gasteiger partial charge in [0.15, 0.2) is 0 Å². The van der Waals surface area contributed by atoms with Crippen LogP contribution < -0.4 is 5.32 Å². The predicted octanol–water partition coefficient (Wildman–Crippen LogP) is 3.42. The zero-order valence-electron chi connectivity index (χ0n) is 12.5. The molecule has 2 nitrogen and oxygen atoms in total. The van der Waals surface area contributed by atoms with E-state index in [4.69, 9.17) is 0 Å². The summed E-state index contributed by atoms with van der Waals surface area (Å²) < 4.78 is 0. The van der Waals surface area contributed by atoms with Gasteiger partial charge in [-0.15, -0.1) is 0 Å². The first kappa shape index (κ1) is 14.3. The second kappa shape index (κ2) is 6.91. The van der Waals surface area contributed by atoms with E-state index in [0.29, 0.717) is 0 Å². The SMILES string of the molecule is CCNCC(CC)N1CCC2(CCCCC2)CC1. The minimum atomic E-state index is 0.755. The van der Waals surface area contributed by atoms with Gasteiger partial charge in [-0.05, 0) is 57.2 Å². The van der Waals surface area contributed by atoms with Gasteiger partial charge < -0.3 is 5.32 Å². The van der Waals surface area contributed by atoms with Crippen LogP contribution in [0, 0.1) is 5.41 Å². The molecule has 2 fully saturated rings. The number of rotatable bonds is 5. The molecular formula is C16H32N2. The number of likely N-dealkylation sites (N-methyl/N-ethyl adjacent to an activating group) is 1. The number of hydrogen-bond acceptors (Lipinski definition) is 2. The number of nitrogens with zero attached hydrogens (tertiary/aromatic N) is 1. The van der Waals surface area contributed by atoms with Gasteiger partial charge in [0.1, 0.15) is 0 Å². The Morgan fingerprint density at radius 2 is 1.67 bits per heavy atom. The highest BCUT2D eigenvalue weighted by Crippen LogP contribution is 2.44. The first-order valence-corrected chi connectivity index (χ1v) is 8.24. The standard InChI is InChI=1S/C16H32N2/c1-3-15(14-17-4-2)18-12-10-16(11-13-18)8-6-5-7-9-16/h15,17H,3-14H2,1-2H3. The zero-order valence-corrected chi connectivity index (χ0v) is 12.5. The zero-order chi connectivity index (χ0) is 12.8. The van der Waals surface area contributed by atoms with Gasteiger partial charge in [0, 0.05) is 12.6 Å². The van der Waals surface area contributed by atoms with E-state index in [0.717, 1.165) is 18.0 Å². The van der Waals surface area contributed by atoms with E-state index in [1.165, 1.54) is 71.0 Å². The molecule has 1 unspecified atom stereocenters. The van der Waals surface area contributed by atoms with E-state index in [2.05, 4.69) is 24.1 Å². The van der Waals surface area contributed by atoms with Crippen molar-refractivity contribution >= 4 is 0 Å². The average molecular weight is 252 g/mol. The van der Waals surface area contributed by atoms with Crippen molar-refractivity contribution in [3.05, 3.63) is 0 Å². The molecule has 1 saturated carbocycles. The summed E-state index contributed by atoms with van der Waals surface area (Å²) in [4.78, 5) is 2.75. The van der Waals surface area contributed by atoms with Gasteiger partial charge in [0.05, 0.1) is 0 Å². The molecule has 1 aliphatic carbocycles. The van der Waals surface area contributed by atoms with E-state index in [9.17, 15) is 0 Å². The van der Waals surface area contributed by atoms with E-state index < -0.39 is 0 Å². The van der Waals surface area contributed by atoms with Crippen molar-refractivity contribution in [1.29, 1.82) is 0 Å². The third-order valence-corrected chi connectivity index (χ3v) is 5.39. The van der Waals surface area contributed by atoms with Crippen LogP contribution in [-0.2, 0) is 0 Å². The second-order valence-corrected chi connectivity index (χ2v) is 6.47. The van der Waals surface area contributed by atoms with Crippen LogP contribution in [0.15, 0.2) is 0 Å². The van der Waals surface area contributed by atoms with Crippen LogP contribution in [0.25, 0.3) is 0 Å². The van der Waals surface area contributed by atoms with Gasteiger partial charge in [0.2, 0.25) is 0 Å². The summed E-state index contributed by atoms with van der Waals surface area (Å²) in [5.41, 5.74) is 0.755. The van der Waals surface area contributed by atoms with Crippen molar-refractivity contribution in [2.45, 2.75) is 71.3 Å². The van der Waals surface area contributed by atoms with Crippen molar-refractivity contribution in [2.24, 2.45) is 5.41 Å². The van der Waals surface area contributed by atoms with Crippen LogP contribution in [0.1, 0.15) is 65.2 Å². The van der Waals surface area contributed by atoms with Crippen molar-refractivity contribution in [3.8, 4) is 0 Å². The molecule has 0 radical (unpaired) electrons. The maximum absolute atomic E-state index is 3.53. The van der Waals surface area contributed by atoms with Crippen LogP contribution in [-0.4, -0.2) is 37.1 Å². The normalized spacial score (nSPS) is 26.3. The third-order valence-electron chi connectivity index (χ3n) is 5.39. The molecule has 0 aromatic heterocycles. The summed E-state index contributed by atoms with van der Waals surface area (Å²) in [5, 5.41) is 3.53. The summed E-state index contributed by atoms with van der Waals surface area (Å²) in [6.07, 6.45) is 11.7. The molecule has 18 heavy (non-hydrogen) atoms. The van der Waals surface area contributed by atoms with Gasteiger partial charge in [-0.3, -0.25) is 4.90 Å². The molecule has 2 heteroatoms. The quantitative estimate of drug-likeness (QED) is 0.806. The molecule has 1 aliphatic heterocycles. The van der Waals surface area contributed by atoms with Gasteiger partial charge in [-0.25, -0.2) is 0 Å². The van der Waals surface area contributed by atoms with Crippen LogP contribution in [0.5, 0.6) is 0 Å². The molecule has 0 amide bonds. The third kappa shape index (κ3) is 3.48. The van der Waals surface area contributed by atoms with Crippen molar-refractivity contribution in [1.82, 2.24) is 10.2 Å². The number of hydrogen-bond donors (Lipinski definition) is 1. The molecule has 1 atom stereocenters. The topological polar surface area (TPSA) is 15.3 Å². The van der Waals surface area contributed by atoms with Gasteiger partial charge >= 0.3 is 0 Å². The van der Waals surface area contributed by atoms with Crippen molar-refractivity contribution in [3.63, 3.8) is 0 Å². The molecular weight excluding hydrogens is 220 g/mol. The second-order valence-electron chi connectivity index (χ2n) is 6.47. The highest BCUT2D eigenvalue weighted by molar-refractivity contribution is 4.90. The first-order chi connectivity index (χ1) is 8.79. The maximum atomic E-state index is 3.53. The van der Waals surface area contributed by atoms with Gasteiger partial charge in [-0.2, -0.15) is 0 Å². The Balaban J connectivity index is 1.80. The highest BCUT2D eigenvalue weighted by Gasteiger charge is 2.36. The molecule has 1 heterocycles. The molecule has 2 aliphatic rings. The Morgan fingerprint density at radius 1 is 1.00 bits per heavy atom. The predicted molar refractivity (Wildman–Crippen MR) is 78.9 cm³/mol. The minimum Gasteiger partial charge on any atom is -0.315 e. The first-order valence-electron chi connectivity index (χ1n) is 8.24. The molecule has 0 bridgehead atoms. The van der Waals surface area contributed by atoms with Gasteiger partial charge in [0.25, 0.3) is 0 Å². The number of nitrogens with one attached hydrogen (secondary N) is 1. The summed E-state index contributed by atoms with van der Waals surface area (Å²) >= 11 is 0. The molecule has 1 N–H and O–H groups in total. The van der Waals surface area contributed by atoms with E-state index in [-0.39, 0.29) is 0 Å². The molecule has 0 aromatic rings. The van der Waals surface area contributed by atoms with Crippen LogP contribution in [0.4, 0.5) is 0 Å². The Hall–Kier alpha value is -0.0800.